The van der Waals surface area contributed by atoms with Gasteiger partial charge < -0.3 is 0 Å². The van der Waals surface area contributed by atoms with Crippen molar-refractivity contribution >= 4 is 29.1 Å². The molecular formula is C26H26N2O4. The summed E-state index contributed by atoms with van der Waals surface area (Å²) in [5, 5.41) is 11.4. The Morgan fingerprint density at radius 1 is 1.09 bits per heavy atom. The predicted molar refractivity (Wildman–Crippen MR) is 124 cm³/mol. The first-order valence-corrected chi connectivity index (χ1v) is 10.7. The van der Waals surface area contributed by atoms with Gasteiger partial charge in [0, 0.05) is 42.2 Å². The zero-order valence-electron chi connectivity index (χ0n) is 18.5. The van der Waals surface area contributed by atoms with E-state index < -0.39 is 4.92 Å². The number of hydrogen-bond acceptors (Lipinski definition) is 4. The maximum absolute atomic E-state index is 13.4. The third-order valence-corrected chi connectivity index (χ3v) is 6.15. The lowest BCUT2D eigenvalue weighted by molar-refractivity contribution is -0.384. The fourth-order valence-corrected chi connectivity index (χ4v) is 4.64. The third kappa shape index (κ3) is 4.13. The molecule has 1 amide bonds. The highest BCUT2D eigenvalue weighted by atomic mass is 16.6. The van der Waals surface area contributed by atoms with Crippen molar-refractivity contribution in [3.05, 3.63) is 87.1 Å². The summed E-state index contributed by atoms with van der Waals surface area (Å²) >= 11 is 0. The molecule has 1 aliphatic heterocycles. The topological polar surface area (TPSA) is 80.5 Å². The highest BCUT2D eigenvalue weighted by molar-refractivity contribution is 6.07. The zero-order valence-corrected chi connectivity index (χ0v) is 18.5. The molecule has 0 aromatic heterocycles. The second-order valence-corrected chi connectivity index (χ2v) is 9.34. The summed E-state index contributed by atoms with van der Waals surface area (Å²) in [6, 6.07) is 14.3. The molecule has 6 heteroatoms. The lowest BCUT2D eigenvalue weighted by Crippen LogP contribution is -2.44. The molecule has 164 valence electrons. The van der Waals surface area contributed by atoms with Gasteiger partial charge in [0.05, 0.1) is 10.6 Å². The number of nitro benzene ring substituents is 1. The molecule has 0 radical (unpaired) electrons. The smallest absolute Gasteiger partial charge is 0.271 e. The number of anilines is 1. The summed E-state index contributed by atoms with van der Waals surface area (Å²) in [6.07, 6.45) is 5.01. The van der Waals surface area contributed by atoms with Crippen LogP contribution in [0.4, 0.5) is 11.4 Å². The summed E-state index contributed by atoms with van der Waals surface area (Å²) in [4.78, 5) is 39.1. The van der Waals surface area contributed by atoms with Crippen LogP contribution in [0, 0.1) is 28.4 Å². The third-order valence-electron chi connectivity index (χ3n) is 6.15. The van der Waals surface area contributed by atoms with Crippen LogP contribution in [0.2, 0.25) is 0 Å². The van der Waals surface area contributed by atoms with Crippen LogP contribution in [0.5, 0.6) is 0 Å². The van der Waals surface area contributed by atoms with Crippen molar-refractivity contribution in [2.24, 2.45) is 11.3 Å². The molecule has 2 aromatic carbocycles. The van der Waals surface area contributed by atoms with Crippen molar-refractivity contribution < 1.29 is 14.5 Å². The molecular weight excluding hydrogens is 404 g/mol. The second-order valence-electron chi connectivity index (χ2n) is 9.34. The molecule has 0 spiro atoms. The number of ketones is 1. The Bertz CT molecular complexity index is 1160. The Morgan fingerprint density at radius 2 is 1.81 bits per heavy atom. The number of allylic oxidation sites excluding steroid dienone is 3. The van der Waals surface area contributed by atoms with E-state index in [9.17, 15) is 19.7 Å². The number of nitro groups is 1. The van der Waals surface area contributed by atoms with Crippen molar-refractivity contribution in [1.82, 2.24) is 0 Å². The largest absolute Gasteiger partial charge is 0.294 e. The van der Waals surface area contributed by atoms with Gasteiger partial charge in [-0.05, 0) is 29.9 Å². The molecule has 6 nitrogen and oxygen atoms in total. The van der Waals surface area contributed by atoms with Gasteiger partial charge in [-0.25, -0.2) is 0 Å². The molecule has 1 heterocycles. The predicted octanol–water partition coefficient (Wildman–Crippen LogP) is 5.61. The Morgan fingerprint density at radius 3 is 2.50 bits per heavy atom. The van der Waals surface area contributed by atoms with Crippen LogP contribution in [0.25, 0.3) is 6.08 Å². The van der Waals surface area contributed by atoms with Crippen molar-refractivity contribution in [2.45, 2.75) is 40.0 Å². The van der Waals surface area contributed by atoms with E-state index >= 15 is 0 Å². The molecule has 2 aliphatic rings. The average molecular weight is 431 g/mol. The van der Waals surface area contributed by atoms with Gasteiger partial charge in [-0.2, -0.15) is 0 Å². The fraction of sp³-hybridized carbons (Fsp3) is 0.308. The molecule has 0 bridgehead atoms. The zero-order chi connectivity index (χ0) is 23.0. The van der Waals surface area contributed by atoms with Crippen LogP contribution in [0.3, 0.4) is 0 Å². The number of hydrogen-bond donors (Lipinski definition) is 0. The van der Waals surface area contributed by atoms with E-state index in [1.165, 1.54) is 12.1 Å². The first-order valence-electron chi connectivity index (χ1n) is 10.7. The van der Waals surface area contributed by atoms with E-state index in [-0.39, 0.29) is 35.1 Å². The van der Waals surface area contributed by atoms with E-state index in [0.29, 0.717) is 29.8 Å². The van der Waals surface area contributed by atoms with Crippen molar-refractivity contribution in [3.63, 3.8) is 0 Å². The number of Topliss-reactive ketones (excluding diaryl/α,β-unsaturated/α-hetero) is 1. The number of carbonyl (C=O) groups excluding carboxylic acids is 2. The van der Waals surface area contributed by atoms with Gasteiger partial charge in [0.25, 0.3) is 5.69 Å². The van der Waals surface area contributed by atoms with Crippen LogP contribution < -0.4 is 4.90 Å². The van der Waals surface area contributed by atoms with E-state index in [4.69, 9.17) is 0 Å². The fourth-order valence-electron chi connectivity index (χ4n) is 4.64. The molecule has 1 atom stereocenters. The monoisotopic (exact) mass is 430 g/mol. The lowest BCUT2D eigenvalue weighted by atomic mass is 9.70. The van der Waals surface area contributed by atoms with Crippen molar-refractivity contribution in [1.29, 1.82) is 0 Å². The summed E-state index contributed by atoms with van der Waals surface area (Å²) in [7, 11) is 0. The van der Waals surface area contributed by atoms with Crippen LogP contribution >= 0.6 is 0 Å². The van der Waals surface area contributed by atoms with Gasteiger partial charge in [0.1, 0.15) is 0 Å². The van der Waals surface area contributed by atoms with Gasteiger partial charge in [-0.1, -0.05) is 62.4 Å². The Kier molecular flexibility index (Phi) is 5.55. The normalized spacial score (nSPS) is 20.6. The van der Waals surface area contributed by atoms with E-state index in [2.05, 4.69) is 0 Å². The Balaban J connectivity index is 1.84. The van der Waals surface area contributed by atoms with Gasteiger partial charge in [0.2, 0.25) is 5.91 Å². The first kappa shape index (κ1) is 21.7. The molecule has 32 heavy (non-hydrogen) atoms. The maximum Gasteiger partial charge on any atom is 0.271 e. The van der Waals surface area contributed by atoms with Gasteiger partial charge in [-0.3, -0.25) is 24.6 Å². The first-order chi connectivity index (χ1) is 15.2. The molecule has 1 unspecified atom stereocenters. The number of rotatable bonds is 4. The maximum atomic E-state index is 13.4. The van der Waals surface area contributed by atoms with Gasteiger partial charge >= 0.3 is 0 Å². The van der Waals surface area contributed by atoms with Crippen LogP contribution in [0.1, 0.15) is 44.2 Å². The van der Waals surface area contributed by atoms with Gasteiger partial charge in [-0.15, -0.1) is 0 Å². The van der Waals surface area contributed by atoms with Gasteiger partial charge in [0.15, 0.2) is 5.78 Å². The van der Waals surface area contributed by atoms with Crippen molar-refractivity contribution in [2.75, 3.05) is 4.90 Å². The number of nitrogens with zero attached hydrogens (tertiary/aromatic N) is 2. The van der Waals surface area contributed by atoms with E-state index in [1.807, 2.05) is 63.3 Å². The minimum absolute atomic E-state index is 0.0412. The molecule has 0 N–H and O–H groups in total. The summed E-state index contributed by atoms with van der Waals surface area (Å²) in [5.74, 6) is -0.420. The average Bonchev–Trinajstić information content (AvgIpc) is 2.72. The Hall–Kier alpha value is -3.54. The second kappa shape index (κ2) is 8.19. The number of carbonyl (C=O) groups is 2. The van der Waals surface area contributed by atoms with Crippen LogP contribution in [-0.2, 0) is 9.59 Å². The number of aryl methyl sites for hydroxylation is 1. The highest BCUT2D eigenvalue weighted by Crippen LogP contribution is 2.46. The number of non-ortho nitro benzene ring substituents is 1. The number of benzene rings is 2. The van der Waals surface area contributed by atoms with E-state index in [0.717, 1.165) is 11.1 Å². The molecule has 0 fully saturated rings. The number of amides is 1. The SMILES string of the molecule is Cc1ccc([N+](=O)[O-])cc1N1C(=O)CC(/C=C/c2ccccc2)C2=C1CC(C)(C)CC2=O. The van der Waals surface area contributed by atoms with E-state index in [1.54, 1.807) is 11.0 Å². The molecule has 1 aliphatic carbocycles. The summed E-state index contributed by atoms with van der Waals surface area (Å²) < 4.78 is 0. The lowest BCUT2D eigenvalue weighted by Gasteiger charge is -2.42. The molecule has 0 saturated carbocycles. The quantitative estimate of drug-likeness (QED) is 0.466. The van der Waals surface area contributed by atoms with Crippen molar-refractivity contribution in [3.8, 4) is 0 Å². The minimum Gasteiger partial charge on any atom is -0.294 e. The molecule has 2 aromatic rings. The minimum atomic E-state index is -0.464. The van der Waals surface area contributed by atoms with Crippen LogP contribution in [0.15, 0.2) is 65.9 Å². The summed E-state index contributed by atoms with van der Waals surface area (Å²) in [6.45, 7) is 5.85. The highest BCUT2D eigenvalue weighted by Gasteiger charge is 2.43. The standard InChI is InChI=1S/C26H26N2O4/c1-17-9-12-20(28(31)32)14-21(17)27-22-15-26(2,3)16-23(29)25(22)19(13-24(27)30)11-10-18-7-5-4-6-8-18/h4-12,14,19H,13,15-16H2,1-3H3/b11-10+. The molecule has 0 saturated heterocycles. The Labute approximate surface area is 187 Å². The molecule has 4 rings (SSSR count). The van der Waals surface area contributed by atoms with Crippen LogP contribution in [-0.4, -0.2) is 16.6 Å². The summed E-state index contributed by atoms with van der Waals surface area (Å²) in [5.41, 5.74) is 3.19.